The van der Waals surface area contributed by atoms with E-state index in [1.165, 1.54) is 5.69 Å². The van der Waals surface area contributed by atoms with Gasteiger partial charge in [0.05, 0.1) is 18.8 Å². The second-order valence-electron chi connectivity index (χ2n) is 5.34. The van der Waals surface area contributed by atoms with E-state index in [0.29, 0.717) is 5.92 Å². The van der Waals surface area contributed by atoms with Gasteiger partial charge < -0.3 is 14.6 Å². The zero-order valence-electron chi connectivity index (χ0n) is 12.6. The minimum Gasteiger partial charge on any atom is -0.491 e. The summed E-state index contributed by atoms with van der Waals surface area (Å²) in [5.41, 5.74) is 2.34. The summed E-state index contributed by atoms with van der Waals surface area (Å²) < 4.78 is 8.10. The van der Waals surface area contributed by atoms with Crippen molar-refractivity contribution in [2.75, 3.05) is 11.9 Å². The standard InChI is InChI=1S/C17H24N2O/c1-4-19-11-7-8-15(19)12-18-16-9-5-6-10-17(16)20-13-14(2)3/h5-11,14,18H,4,12-13H2,1-3H3. The predicted octanol–water partition coefficient (Wildman–Crippen LogP) is 4.15. The molecule has 20 heavy (non-hydrogen) atoms. The van der Waals surface area contributed by atoms with E-state index in [1.807, 2.05) is 18.2 Å². The van der Waals surface area contributed by atoms with E-state index in [-0.39, 0.29) is 0 Å². The molecule has 3 nitrogen and oxygen atoms in total. The first-order valence-electron chi connectivity index (χ1n) is 7.30. The molecule has 3 heteroatoms. The van der Waals surface area contributed by atoms with Crippen LogP contribution in [0.25, 0.3) is 0 Å². The third kappa shape index (κ3) is 3.80. The number of nitrogens with zero attached hydrogens (tertiary/aromatic N) is 1. The molecule has 0 aliphatic heterocycles. The number of aryl methyl sites for hydroxylation is 1. The van der Waals surface area contributed by atoms with E-state index >= 15 is 0 Å². The molecule has 0 radical (unpaired) electrons. The van der Waals surface area contributed by atoms with Crippen molar-refractivity contribution in [2.24, 2.45) is 5.92 Å². The Bertz CT molecular complexity index is 531. The Labute approximate surface area is 121 Å². The van der Waals surface area contributed by atoms with Gasteiger partial charge in [-0.05, 0) is 37.1 Å². The zero-order valence-corrected chi connectivity index (χ0v) is 12.6. The van der Waals surface area contributed by atoms with Crippen LogP contribution in [0.4, 0.5) is 5.69 Å². The Morgan fingerprint density at radius 3 is 2.70 bits per heavy atom. The quantitative estimate of drug-likeness (QED) is 0.819. The van der Waals surface area contributed by atoms with E-state index in [1.54, 1.807) is 0 Å². The highest BCUT2D eigenvalue weighted by molar-refractivity contribution is 5.56. The molecule has 1 aromatic heterocycles. The van der Waals surface area contributed by atoms with Gasteiger partial charge in [0, 0.05) is 18.4 Å². The molecule has 108 valence electrons. The molecule has 0 saturated heterocycles. The number of anilines is 1. The van der Waals surface area contributed by atoms with Gasteiger partial charge in [0.25, 0.3) is 0 Å². The second kappa shape index (κ2) is 7.04. The van der Waals surface area contributed by atoms with Gasteiger partial charge in [0.15, 0.2) is 0 Å². The Morgan fingerprint density at radius 1 is 1.15 bits per heavy atom. The highest BCUT2D eigenvalue weighted by atomic mass is 16.5. The van der Waals surface area contributed by atoms with Crippen LogP contribution in [-0.2, 0) is 13.1 Å². The maximum atomic E-state index is 5.86. The summed E-state index contributed by atoms with van der Waals surface area (Å²) in [7, 11) is 0. The lowest BCUT2D eigenvalue weighted by atomic mass is 10.2. The number of hydrogen-bond donors (Lipinski definition) is 1. The molecule has 0 aliphatic carbocycles. The molecule has 0 amide bonds. The van der Waals surface area contributed by atoms with Crippen LogP contribution in [0, 0.1) is 5.92 Å². The molecular weight excluding hydrogens is 248 g/mol. The highest BCUT2D eigenvalue weighted by Crippen LogP contribution is 2.24. The van der Waals surface area contributed by atoms with Crippen molar-refractivity contribution in [3.63, 3.8) is 0 Å². The van der Waals surface area contributed by atoms with Gasteiger partial charge in [-0.3, -0.25) is 0 Å². The summed E-state index contributed by atoms with van der Waals surface area (Å²) in [6.07, 6.45) is 2.11. The van der Waals surface area contributed by atoms with Crippen LogP contribution in [0.5, 0.6) is 5.75 Å². The van der Waals surface area contributed by atoms with Crippen molar-refractivity contribution < 1.29 is 4.74 Å². The number of benzene rings is 1. The first-order chi connectivity index (χ1) is 9.70. The van der Waals surface area contributed by atoms with Crippen LogP contribution in [-0.4, -0.2) is 11.2 Å². The smallest absolute Gasteiger partial charge is 0.142 e. The molecule has 0 unspecified atom stereocenters. The van der Waals surface area contributed by atoms with Crippen molar-refractivity contribution >= 4 is 5.69 Å². The number of rotatable bonds is 7. The van der Waals surface area contributed by atoms with E-state index in [9.17, 15) is 0 Å². The van der Waals surface area contributed by atoms with Gasteiger partial charge >= 0.3 is 0 Å². The van der Waals surface area contributed by atoms with Crippen molar-refractivity contribution in [3.05, 3.63) is 48.3 Å². The summed E-state index contributed by atoms with van der Waals surface area (Å²) in [5.74, 6) is 1.45. The topological polar surface area (TPSA) is 26.2 Å². The van der Waals surface area contributed by atoms with Gasteiger partial charge in [-0.25, -0.2) is 0 Å². The van der Waals surface area contributed by atoms with E-state index in [2.05, 4.69) is 55.1 Å². The number of aromatic nitrogens is 1. The highest BCUT2D eigenvalue weighted by Gasteiger charge is 2.05. The molecule has 2 aromatic rings. The van der Waals surface area contributed by atoms with E-state index < -0.39 is 0 Å². The third-order valence-corrected chi connectivity index (χ3v) is 3.18. The average Bonchev–Trinajstić information content (AvgIpc) is 2.91. The fourth-order valence-corrected chi connectivity index (χ4v) is 2.10. The Kier molecular flexibility index (Phi) is 5.10. The fourth-order valence-electron chi connectivity index (χ4n) is 2.10. The normalized spacial score (nSPS) is 10.8. The van der Waals surface area contributed by atoms with Crippen molar-refractivity contribution in [2.45, 2.75) is 33.9 Å². The molecule has 0 saturated carbocycles. The van der Waals surface area contributed by atoms with Crippen LogP contribution in [0.2, 0.25) is 0 Å². The number of hydrogen-bond acceptors (Lipinski definition) is 2. The molecule has 0 spiro atoms. The third-order valence-electron chi connectivity index (χ3n) is 3.18. The lowest BCUT2D eigenvalue weighted by molar-refractivity contribution is 0.272. The summed E-state index contributed by atoms with van der Waals surface area (Å²) in [5, 5.41) is 3.47. The minimum absolute atomic E-state index is 0.528. The van der Waals surface area contributed by atoms with Crippen molar-refractivity contribution in [1.29, 1.82) is 0 Å². The predicted molar refractivity (Wildman–Crippen MR) is 84.2 cm³/mol. The lowest BCUT2D eigenvalue weighted by Gasteiger charge is -2.15. The molecule has 0 bridgehead atoms. The summed E-state index contributed by atoms with van der Waals surface area (Å²) >= 11 is 0. The van der Waals surface area contributed by atoms with Crippen LogP contribution in [0.3, 0.4) is 0 Å². The lowest BCUT2D eigenvalue weighted by Crippen LogP contribution is -2.09. The SMILES string of the molecule is CCn1cccc1CNc1ccccc1OCC(C)C. The second-order valence-corrected chi connectivity index (χ2v) is 5.34. The van der Waals surface area contributed by atoms with Crippen LogP contribution < -0.4 is 10.1 Å². The molecular formula is C17H24N2O. The molecule has 0 aliphatic rings. The van der Waals surface area contributed by atoms with Crippen molar-refractivity contribution in [1.82, 2.24) is 4.57 Å². The Balaban J connectivity index is 2.02. The van der Waals surface area contributed by atoms with Crippen LogP contribution in [0.15, 0.2) is 42.6 Å². The first kappa shape index (κ1) is 14.5. The summed E-state index contributed by atoms with van der Waals surface area (Å²) in [6.45, 7) is 9.01. The first-order valence-corrected chi connectivity index (χ1v) is 7.30. The van der Waals surface area contributed by atoms with Crippen LogP contribution in [0.1, 0.15) is 26.5 Å². The average molecular weight is 272 g/mol. The number of ether oxygens (including phenoxy) is 1. The van der Waals surface area contributed by atoms with Gasteiger partial charge in [-0.2, -0.15) is 0 Å². The maximum Gasteiger partial charge on any atom is 0.142 e. The Morgan fingerprint density at radius 2 is 1.95 bits per heavy atom. The summed E-state index contributed by atoms with van der Waals surface area (Å²) in [6, 6.07) is 12.4. The molecule has 2 rings (SSSR count). The minimum atomic E-state index is 0.528. The van der Waals surface area contributed by atoms with Crippen molar-refractivity contribution in [3.8, 4) is 5.75 Å². The number of para-hydroxylation sites is 2. The molecule has 0 fully saturated rings. The molecule has 1 heterocycles. The van der Waals surface area contributed by atoms with Gasteiger partial charge in [0.2, 0.25) is 0 Å². The van der Waals surface area contributed by atoms with E-state index in [4.69, 9.17) is 4.74 Å². The summed E-state index contributed by atoms with van der Waals surface area (Å²) in [4.78, 5) is 0. The molecule has 1 aromatic carbocycles. The largest absolute Gasteiger partial charge is 0.491 e. The molecule has 1 N–H and O–H groups in total. The van der Waals surface area contributed by atoms with Gasteiger partial charge in [-0.15, -0.1) is 0 Å². The maximum absolute atomic E-state index is 5.86. The van der Waals surface area contributed by atoms with Gasteiger partial charge in [0.1, 0.15) is 5.75 Å². The Hall–Kier alpha value is -1.90. The molecule has 0 atom stereocenters. The van der Waals surface area contributed by atoms with Crippen LogP contribution >= 0.6 is 0 Å². The van der Waals surface area contributed by atoms with E-state index in [0.717, 1.165) is 31.1 Å². The monoisotopic (exact) mass is 272 g/mol. The number of nitrogens with one attached hydrogen (secondary N) is 1. The fraction of sp³-hybridized carbons (Fsp3) is 0.412. The van der Waals surface area contributed by atoms with Gasteiger partial charge in [-0.1, -0.05) is 26.0 Å². The zero-order chi connectivity index (χ0) is 14.4.